The summed E-state index contributed by atoms with van der Waals surface area (Å²) >= 11 is 5.97. The minimum absolute atomic E-state index is 0.0315. The third-order valence-corrected chi connectivity index (χ3v) is 9.07. The summed E-state index contributed by atoms with van der Waals surface area (Å²) in [6.45, 7) is 0.708. The third-order valence-electron chi connectivity index (χ3n) is 8.82. The lowest BCUT2D eigenvalue weighted by Gasteiger charge is -2.50. The summed E-state index contributed by atoms with van der Waals surface area (Å²) in [4.78, 5) is 42.9. The zero-order chi connectivity index (χ0) is 31.5. The second-order valence-corrected chi connectivity index (χ2v) is 12.3. The van der Waals surface area contributed by atoms with Gasteiger partial charge in [0.2, 0.25) is 5.78 Å². The van der Waals surface area contributed by atoms with Crippen LogP contribution < -0.4 is 16.0 Å². The van der Waals surface area contributed by atoms with Crippen molar-refractivity contribution in [3.63, 3.8) is 0 Å². The van der Waals surface area contributed by atoms with Crippen molar-refractivity contribution in [3.8, 4) is 5.75 Å². The van der Waals surface area contributed by atoms with Crippen LogP contribution in [0.1, 0.15) is 28.7 Å². The van der Waals surface area contributed by atoms with Crippen LogP contribution in [-0.4, -0.2) is 82.6 Å². The molecule has 0 saturated heterocycles. The van der Waals surface area contributed by atoms with Gasteiger partial charge in [0.25, 0.3) is 5.91 Å². The fraction of sp³-hybridized carbons (Fsp3) is 0.387. The number of anilines is 1. The van der Waals surface area contributed by atoms with E-state index >= 15 is 0 Å². The molecule has 3 aliphatic carbocycles. The van der Waals surface area contributed by atoms with Crippen LogP contribution in [0, 0.1) is 11.8 Å². The molecule has 0 aromatic heterocycles. The lowest BCUT2D eigenvalue weighted by atomic mass is 9.57. The average molecular weight is 611 g/mol. The van der Waals surface area contributed by atoms with Crippen LogP contribution in [0.5, 0.6) is 5.75 Å². The van der Waals surface area contributed by atoms with Crippen molar-refractivity contribution in [2.45, 2.75) is 37.6 Å². The molecule has 228 valence electrons. The van der Waals surface area contributed by atoms with E-state index in [2.05, 4.69) is 5.32 Å². The quantitative estimate of drug-likeness (QED) is 0.254. The summed E-state index contributed by atoms with van der Waals surface area (Å²) in [6, 6.07) is 8.01. The molecular formula is C31H35ClN4O7. The summed E-state index contributed by atoms with van der Waals surface area (Å²) in [5.74, 6) is -6.71. The molecule has 0 heterocycles. The minimum Gasteiger partial charge on any atom is -0.508 e. The maximum Gasteiger partial charge on any atom is 0.255 e. The van der Waals surface area contributed by atoms with Gasteiger partial charge >= 0.3 is 0 Å². The Labute approximate surface area is 253 Å². The number of hydrogen-bond acceptors (Lipinski definition) is 10. The van der Waals surface area contributed by atoms with E-state index in [0.29, 0.717) is 22.7 Å². The Bertz CT molecular complexity index is 1600. The number of ketones is 2. The average Bonchev–Trinajstić information content (AvgIpc) is 2.92. The number of benzene rings is 2. The Kier molecular flexibility index (Phi) is 7.80. The van der Waals surface area contributed by atoms with E-state index in [1.807, 2.05) is 37.2 Å². The number of hydrogen-bond donors (Lipinski definition) is 6. The number of halogens is 1. The molecule has 7 N–H and O–H groups in total. The molecule has 2 aromatic carbocycles. The molecule has 2 aromatic rings. The number of Topliss-reactive ketones (excluding diaryl/α,β-unsaturated/α-hetero) is 2. The second kappa shape index (κ2) is 11.0. The SMILES string of the molecule is CN(C)c1cc(CNCc2ccc(Cl)cc2)c(O)c2c1C[C@H]1C[C@H]3[C@H](N(C)C)C(=O)C(C(N)=O)=C(O)[C@@]3(O)C(=O)C1=C2O. The Hall–Kier alpha value is -3.90. The number of phenolic OH excluding ortho intramolecular Hbond substituents is 1. The maximum absolute atomic E-state index is 14.1. The van der Waals surface area contributed by atoms with Gasteiger partial charge in [-0.05, 0) is 62.2 Å². The number of nitrogens with one attached hydrogen (secondary N) is 1. The molecule has 1 fully saturated rings. The van der Waals surface area contributed by atoms with Crippen LogP contribution in [0.25, 0.3) is 5.76 Å². The molecular weight excluding hydrogens is 576 g/mol. The number of amides is 1. The van der Waals surface area contributed by atoms with Gasteiger partial charge in [0.05, 0.1) is 11.6 Å². The van der Waals surface area contributed by atoms with Gasteiger partial charge < -0.3 is 36.4 Å². The Balaban J connectivity index is 1.61. The van der Waals surface area contributed by atoms with Crippen molar-refractivity contribution in [2.75, 3.05) is 33.1 Å². The highest BCUT2D eigenvalue weighted by molar-refractivity contribution is 6.30. The molecule has 1 saturated carbocycles. The molecule has 3 aliphatic rings. The highest BCUT2D eigenvalue weighted by Crippen LogP contribution is 2.54. The Morgan fingerprint density at radius 2 is 1.74 bits per heavy atom. The molecule has 0 unspecified atom stereocenters. The largest absolute Gasteiger partial charge is 0.508 e. The normalized spacial score (nSPS) is 25.0. The van der Waals surface area contributed by atoms with Gasteiger partial charge in [-0.15, -0.1) is 0 Å². The van der Waals surface area contributed by atoms with Crippen molar-refractivity contribution in [1.82, 2.24) is 10.2 Å². The smallest absolute Gasteiger partial charge is 0.255 e. The van der Waals surface area contributed by atoms with Crippen LogP contribution >= 0.6 is 11.6 Å². The predicted octanol–water partition coefficient (Wildman–Crippen LogP) is 1.97. The number of nitrogens with zero attached hydrogens (tertiary/aromatic N) is 2. The second-order valence-electron chi connectivity index (χ2n) is 11.8. The molecule has 11 nitrogen and oxygen atoms in total. The fourth-order valence-corrected chi connectivity index (χ4v) is 6.95. The van der Waals surface area contributed by atoms with Crippen LogP contribution in [0.15, 0.2) is 47.2 Å². The zero-order valence-corrected chi connectivity index (χ0v) is 25.1. The summed E-state index contributed by atoms with van der Waals surface area (Å²) in [6.07, 6.45) is 0.248. The third kappa shape index (κ3) is 4.76. The molecule has 1 amide bonds. The van der Waals surface area contributed by atoms with Gasteiger partial charge in [-0.1, -0.05) is 23.7 Å². The molecule has 5 rings (SSSR count). The highest BCUT2D eigenvalue weighted by atomic mass is 35.5. The van der Waals surface area contributed by atoms with Gasteiger partial charge in [0, 0.05) is 54.9 Å². The number of rotatable bonds is 7. The first kappa shape index (κ1) is 30.6. The van der Waals surface area contributed by atoms with Crippen LogP contribution in [-0.2, 0) is 33.9 Å². The first-order chi connectivity index (χ1) is 20.2. The van der Waals surface area contributed by atoms with Gasteiger partial charge in [-0.25, -0.2) is 0 Å². The van der Waals surface area contributed by atoms with E-state index in [9.17, 15) is 34.8 Å². The molecule has 0 spiro atoms. The van der Waals surface area contributed by atoms with Gasteiger partial charge in [-0.3, -0.25) is 19.3 Å². The summed E-state index contributed by atoms with van der Waals surface area (Å²) < 4.78 is 0. The van der Waals surface area contributed by atoms with Crippen LogP contribution in [0.4, 0.5) is 5.69 Å². The first-order valence-electron chi connectivity index (χ1n) is 13.8. The fourth-order valence-electron chi connectivity index (χ4n) is 6.82. The molecule has 0 aliphatic heterocycles. The minimum atomic E-state index is -2.68. The molecule has 4 atom stereocenters. The number of phenols is 1. The van der Waals surface area contributed by atoms with Crippen molar-refractivity contribution in [2.24, 2.45) is 17.6 Å². The number of nitrogens with two attached hydrogens (primary N) is 1. The Morgan fingerprint density at radius 1 is 1.09 bits per heavy atom. The van der Waals surface area contributed by atoms with Crippen LogP contribution in [0.2, 0.25) is 5.02 Å². The first-order valence-corrected chi connectivity index (χ1v) is 14.2. The van der Waals surface area contributed by atoms with E-state index in [4.69, 9.17) is 17.3 Å². The lowest BCUT2D eigenvalue weighted by Crippen LogP contribution is -2.65. The number of primary amides is 1. The van der Waals surface area contributed by atoms with Crippen molar-refractivity contribution < 1.29 is 34.8 Å². The Morgan fingerprint density at radius 3 is 2.33 bits per heavy atom. The maximum atomic E-state index is 14.1. The number of likely N-dealkylation sites (N-methyl/N-ethyl adjacent to an activating group) is 1. The number of carbonyl (C=O) groups excluding carboxylic acids is 3. The topological polar surface area (TPSA) is 177 Å². The molecule has 0 bridgehead atoms. The molecule has 0 radical (unpaired) electrons. The van der Waals surface area contributed by atoms with Crippen molar-refractivity contribution >= 4 is 40.5 Å². The zero-order valence-electron chi connectivity index (χ0n) is 24.3. The number of aliphatic hydroxyl groups is 3. The number of fused-ring (bicyclic) bond motifs is 3. The predicted molar refractivity (Wildman–Crippen MR) is 161 cm³/mol. The monoisotopic (exact) mass is 610 g/mol. The number of aliphatic hydroxyl groups excluding tert-OH is 2. The van der Waals surface area contributed by atoms with E-state index in [1.54, 1.807) is 26.2 Å². The number of carbonyl (C=O) groups is 3. The van der Waals surface area contributed by atoms with Gasteiger partial charge in [0.15, 0.2) is 11.4 Å². The van der Waals surface area contributed by atoms with E-state index in [1.165, 1.54) is 4.90 Å². The van der Waals surface area contributed by atoms with Crippen molar-refractivity contribution in [1.29, 1.82) is 0 Å². The highest BCUT2D eigenvalue weighted by Gasteiger charge is 2.64. The van der Waals surface area contributed by atoms with E-state index in [-0.39, 0.29) is 36.3 Å². The lowest BCUT2D eigenvalue weighted by molar-refractivity contribution is -0.153. The summed E-state index contributed by atoms with van der Waals surface area (Å²) in [5.41, 5.74) is 4.53. The van der Waals surface area contributed by atoms with Gasteiger partial charge in [0.1, 0.15) is 22.8 Å². The van der Waals surface area contributed by atoms with Gasteiger partial charge in [-0.2, -0.15) is 0 Å². The van der Waals surface area contributed by atoms with Crippen LogP contribution in [0.3, 0.4) is 0 Å². The van der Waals surface area contributed by atoms with Crippen molar-refractivity contribution in [3.05, 3.63) is 74.5 Å². The molecule has 12 heteroatoms. The standard InChI is InChI=1S/C31H35ClN4O7/c1-35(2)20-11-16(13-34-12-14-5-7-17(32)8-6-14)25(37)22-18(20)9-15-10-19-24(36(3)4)27(39)23(30(33)42)29(41)31(19,43)28(40)21(15)26(22)38/h5-8,11,15,19,24,34,37-38,41,43H,9-10,12-13H2,1-4H3,(H2,33,42)/t15-,19-,24-,31-/m0/s1. The van der Waals surface area contributed by atoms with E-state index in [0.717, 1.165) is 11.3 Å². The summed E-state index contributed by atoms with van der Waals surface area (Å²) in [5, 5.41) is 49.8. The van der Waals surface area contributed by atoms with E-state index < -0.39 is 58.0 Å². The summed E-state index contributed by atoms with van der Waals surface area (Å²) in [7, 11) is 6.79. The molecule has 43 heavy (non-hydrogen) atoms. The number of aromatic hydroxyl groups is 1.